The Kier molecular flexibility index (Phi) is 2.74. The van der Waals surface area contributed by atoms with Gasteiger partial charge in [-0.2, -0.15) is 0 Å². The van der Waals surface area contributed by atoms with E-state index < -0.39 is 10.5 Å². The van der Waals surface area contributed by atoms with Crippen molar-refractivity contribution in [1.82, 2.24) is 9.97 Å². The van der Waals surface area contributed by atoms with Crippen LogP contribution in [0.5, 0.6) is 0 Å². The fourth-order valence-electron chi connectivity index (χ4n) is 2.47. The Hall–Kier alpha value is -3.48. The second kappa shape index (κ2) is 4.77. The Balaban J connectivity index is 1.96. The Labute approximate surface area is 128 Å². The van der Waals surface area contributed by atoms with Crippen LogP contribution in [0.25, 0.3) is 33.4 Å². The summed E-state index contributed by atoms with van der Waals surface area (Å²) in [5.74, 6) is 0.369. The molecule has 0 radical (unpaired) electrons. The molecule has 7 heteroatoms. The lowest BCUT2D eigenvalue weighted by atomic mass is 10.1. The molecule has 0 bridgehead atoms. The number of para-hydroxylation sites is 2. The number of rotatable bonds is 2. The van der Waals surface area contributed by atoms with Crippen molar-refractivity contribution >= 4 is 27.7 Å². The molecule has 0 aliphatic rings. The van der Waals surface area contributed by atoms with Gasteiger partial charge < -0.3 is 9.40 Å². The number of aromatic nitrogens is 2. The van der Waals surface area contributed by atoms with Gasteiger partial charge in [0.1, 0.15) is 17.0 Å². The number of nitro groups is 1. The van der Waals surface area contributed by atoms with Gasteiger partial charge in [-0.1, -0.05) is 12.1 Å². The third-order valence-electron chi connectivity index (χ3n) is 3.57. The number of nitro benzene ring substituents is 1. The van der Waals surface area contributed by atoms with E-state index in [9.17, 15) is 14.9 Å². The van der Waals surface area contributed by atoms with Crippen molar-refractivity contribution in [2.75, 3.05) is 0 Å². The van der Waals surface area contributed by atoms with Crippen LogP contribution in [0.2, 0.25) is 0 Å². The second-order valence-corrected chi connectivity index (χ2v) is 5.03. The third-order valence-corrected chi connectivity index (χ3v) is 3.57. The first-order valence-corrected chi connectivity index (χ1v) is 6.79. The minimum atomic E-state index is -0.551. The van der Waals surface area contributed by atoms with Crippen LogP contribution in [-0.4, -0.2) is 14.9 Å². The van der Waals surface area contributed by atoms with Crippen molar-refractivity contribution in [1.29, 1.82) is 0 Å². The molecule has 0 aliphatic carbocycles. The number of non-ortho nitro benzene ring substituents is 1. The van der Waals surface area contributed by atoms with Crippen molar-refractivity contribution in [2.24, 2.45) is 0 Å². The number of benzene rings is 2. The molecule has 1 N–H and O–H groups in total. The van der Waals surface area contributed by atoms with Gasteiger partial charge in [-0.15, -0.1) is 0 Å². The molecule has 112 valence electrons. The monoisotopic (exact) mass is 307 g/mol. The highest BCUT2D eigenvalue weighted by molar-refractivity contribution is 5.84. The molecule has 4 aromatic rings. The van der Waals surface area contributed by atoms with E-state index in [2.05, 4.69) is 9.97 Å². The van der Waals surface area contributed by atoms with Crippen molar-refractivity contribution < 1.29 is 9.34 Å². The number of hydrogen-bond acceptors (Lipinski definition) is 5. The third kappa shape index (κ3) is 2.15. The molecule has 4 rings (SSSR count). The smallest absolute Gasteiger partial charge is 0.347 e. The maximum atomic E-state index is 12.2. The summed E-state index contributed by atoms with van der Waals surface area (Å²) in [5, 5.41) is 11.3. The minimum Gasteiger partial charge on any atom is -0.422 e. The molecule has 7 nitrogen and oxygen atoms in total. The average Bonchev–Trinajstić information content (AvgIpc) is 2.97. The van der Waals surface area contributed by atoms with Crippen LogP contribution in [0.15, 0.2) is 57.7 Å². The van der Waals surface area contributed by atoms with E-state index in [1.165, 1.54) is 18.2 Å². The van der Waals surface area contributed by atoms with Crippen LogP contribution >= 0.6 is 0 Å². The molecule has 0 saturated carbocycles. The molecular weight excluding hydrogens is 298 g/mol. The quantitative estimate of drug-likeness (QED) is 0.348. The number of nitrogens with zero attached hydrogens (tertiary/aromatic N) is 2. The highest BCUT2D eigenvalue weighted by Crippen LogP contribution is 2.24. The van der Waals surface area contributed by atoms with E-state index >= 15 is 0 Å². The lowest BCUT2D eigenvalue weighted by Crippen LogP contribution is -2.03. The molecule has 2 aromatic heterocycles. The summed E-state index contributed by atoms with van der Waals surface area (Å²) in [7, 11) is 0. The van der Waals surface area contributed by atoms with Gasteiger partial charge in [0.25, 0.3) is 5.69 Å². The Morgan fingerprint density at radius 3 is 2.74 bits per heavy atom. The van der Waals surface area contributed by atoms with Crippen LogP contribution in [0.3, 0.4) is 0 Å². The predicted octanol–water partition coefficient (Wildman–Crippen LogP) is 3.24. The van der Waals surface area contributed by atoms with E-state index in [-0.39, 0.29) is 11.3 Å². The maximum absolute atomic E-state index is 12.2. The van der Waals surface area contributed by atoms with E-state index in [1.54, 1.807) is 6.07 Å². The Morgan fingerprint density at radius 2 is 1.96 bits per heavy atom. The molecule has 2 aromatic carbocycles. The number of fused-ring (bicyclic) bond motifs is 2. The molecule has 23 heavy (non-hydrogen) atoms. The SMILES string of the molecule is O=c1oc2ccc([N+](=O)[O-])cc2cc1-c1nc2ccccc2[nH]1. The summed E-state index contributed by atoms with van der Waals surface area (Å²) in [5.41, 5.74) is 1.42. The number of H-pyrrole nitrogens is 1. The lowest BCUT2D eigenvalue weighted by Gasteiger charge is -2.00. The molecule has 0 amide bonds. The lowest BCUT2D eigenvalue weighted by molar-refractivity contribution is -0.384. The zero-order chi connectivity index (χ0) is 16.0. The van der Waals surface area contributed by atoms with E-state index in [1.807, 2.05) is 24.3 Å². The maximum Gasteiger partial charge on any atom is 0.347 e. The van der Waals surface area contributed by atoms with Crippen LogP contribution < -0.4 is 5.63 Å². The first kappa shape index (κ1) is 13.2. The van der Waals surface area contributed by atoms with Gasteiger partial charge in [-0.3, -0.25) is 10.1 Å². The number of hydrogen-bond donors (Lipinski definition) is 1. The number of nitrogens with one attached hydrogen (secondary N) is 1. The molecule has 0 aliphatic heterocycles. The zero-order valence-corrected chi connectivity index (χ0v) is 11.6. The van der Waals surface area contributed by atoms with Gasteiger partial charge in [0, 0.05) is 17.5 Å². The molecule has 0 atom stereocenters. The molecule has 0 unspecified atom stereocenters. The van der Waals surface area contributed by atoms with Gasteiger partial charge >= 0.3 is 5.63 Å². The minimum absolute atomic E-state index is 0.0677. The van der Waals surface area contributed by atoms with Crippen molar-refractivity contribution in [3.63, 3.8) is 0 Å². The molecule has 2 heterocycles. The normalized spacial score (nSPS) is 11.1. The summed E-state index contributed by atoms with van der Waals surface area (Å²) in [6.45, 7) is 0. The molecule has 0 fully saturated rings. The van der Waals surface area contributed by atoms with E-state index in [0.29, 0.717) is 16.8 Å². The largest absolute Gasteiger partial charge is 0.422 e. The van der Waals surface area contributed by atoms with E-state index in [0.717, 1.165) is 11.0 Å². The van der Waals surface area contributed by atoms with Crippen molar-refractivity contribution in [2.45, 2.75) is 0 Å². The van der Waals surface area contributed by atoms with Gasteiger partial charge in [0.2, 0.25) is 0 Å². The highest BCUT2D eigenvalue weighted by Gasteiger charge is 2.14. The van der Waals surface area contributed by atoms with Crippen molar-refractivity contribution in [3.05, 3.63) is 69.1 Å². The fraction of sp³-hybridized carbons (Fsp3) is 0. The van der Waals surface area contributed by atoms with Crippen molar-refractivity contribution in [3.8, 4) is 11.4 Å². The number of imidazole rings is 1. The standard InChI is InChI=1S/C16H9N3O4/c20-16-11(15-17-12-3-1-2-4-13(12)18-15)8-9-7-10(19(21)22)5-6-14(9)23-16/h1-8H,(H,17,18). The van der Waals surface area contributed by atoms with Crippen LogP contribution in [0.4, 0.5) is 5.69 Å². The zero-order valence-electron chi connectivity index (χ0n) is 11.6. The second-order valence-electron chi connectivity index (χ2n) is 5.03. The van der Waals surface area contributed by atoms with Gasteiger partial charge in [0.05, 0.1) is 16.0 Å². The Morgan fingerprint density at radius 1 is 1.13 bits per heavy atom. The fourth-order valence-corrected chi connectivity index (χ4v) is 2.47. The molecular formula is C16H9N3O4. The van der Waals surface area contributed by atoms with Gasteiger partial charge in [-0.05, 0) is 24.3 Å². The summed E-state index contributed by atoms with van der Waals surface area (Å²) in [4.78, 5) is 30.0. The van der Waals surface area contributed by atoms with Crippen LogP contribution in [-0.2, 0) is 0 Å². The highest BCUT2D eigenvalue weighted by atomic mass is 16.6. The van der Waals surface area contributed by atoms with E-state index in [4.69, 9.17) is 4.42 Å². The van der Waals surface area contributed by atoms with Gasteiger partial charge in [0.15, 0.2) is 0 Å². The average molecular weight is 307 g/mol. The summed E-state index contributed by atoms with van der Waals surface area (Å²) in [6.07, 6.45) is 0. The summed E-state index contributed by atoms with van der Waals surface area (Å²) in [6, 6.07) is 13.0. The first-order valence-electron chi connectivity index (χ1n) is 6.79. The van der Waals surface area contributed by atoms with Crippen LogP contribution in [0.1, 0.15) is 0 Å². The van der Waals surface area contributed by atoms with Crippen LogP contribution in [0, 0.1) is 10.1 Å². The number of aromatic amines is 1. The molecule has 0 spiro atoms. The topological polar surface area (TPSA) is 102 Å². The first-order chi connectivity index (χ1) is 11.1. The Bertz CT molecular complexity index is 1090. The predicted molar refractivity (Wildman–Crippen MR) is 84.2 cm³/mol. The summed E-state index contributed by atoms with van der Waals surface area (Å²) >= 11 is 0. The summed E-state index contributed by atoms with van der Waals surface area (Å²) < 4.78 is 5.24. The van der Waals surface area contributed by atoms with Gasteiger partial charge in [-0.25, -0.2) is 9.78 Å². The molecule has 0 saturated heterocycles.